The van der Waals surface area contributed by atoms with Gasteiger partial charge in [0.1, 0.15) is 34.5 Å². The SMILES string of the molecule is CC(C)(C)OC(=O)C(C)(C)CCCCOc1cc(F)c(-n2c(N)c(C(=O)c3ccc(F)cc3F)ccc2=O)c(F)c1. The third kappa shape index (κ3) is 7.53. The van der Waals surface area contributed by atoms with Crippen LogP contribution in [0.3, 0.4) is 0 Å². The number of ketones is 1. The molecule has 41 heavy (non-hydrogen) atoms. The van der Waals surface area contributed by atoms with Crippen molar-refractivity contribution in [2.24, 2.45) is 5.41 Å². The lowest BCUT2D eigenvalue weighted by Crippen LogP contribution is -2.33. The lowest BCUT2D eigenvalue weighted by atomic mass is 9.87. The number of carbonyl (C=O) groups is 2. The van der Waals surface area contributed by atoms with Crippen LogP contribution in [-0.2, 0) is 9.53 Å². The molecule has 0 amide bonds. The van der Waals surface area contributed by atoms with Gasteiger partial charge >= 0.3 is 5.97 Å². The second-order valence-electron chi connectivity index (χ2n) is 11.2. The highest BCUT2D eigenvalue weighted by atomic mass is 19.1. The van der Waals surface area contributed by atoms with Crippen LogP contribution in [0.2, 0.25) is 0 Å². The number of ether oxygens (including phenoxy) is 2. The van der Waals surface area contributed by atoms with Crippen LogP contribution >= 0.6 is 0 Å². The highest BCUT2D eigenvalue weighted by molar-refractivity contribution is 6.11. The molecule has 0 saturated heterocycles. The van der Waals surface area contributed by atoms with Gasteiger partial charge in [-0.2, -0.15) is 0 Å². The third-order valence-corrected chi connectivity index (χ3v) is 6.18. The first kappa shape index (κ1) is 31.4. The van der Waals surface area contributed by atoms with Gasteiger partial charge in [0.2, 0.25) is 0 Å². The summed E-state index contributed by atoms with van der Waals surface area (Å²) in [5, 5.41) is 0. The Morgan fingerprint density at radius 2 is 1.46 bits per heavy atom. The van der Waals surface area contributed by atoms with E-state index in [2.05, 4.69) is 0 Å². The fraction of sp³-hybridized carbons (Fsp3) is 0.367. The summed E-state index contributed by atoms with van der Waals surface area (Å²) < 4.78 is 69.0. The molecule has 0 radical (unpaired) electrons. The van der Waals surface area contributed by atoms with Crippen LogP contribution in [-0.4, -0.2) is 28.5 Å². The van der Waals surface area contributed by atoms with Crippen molar-refractivity contribution < 1.29 is 36.6 Å². The Morgan fingerprint density at radius 3 is 2.05 bits per heavy atom. The number of esters is 1. The van der Waals surface area contributed by atoms with E-state index in [1.54, 1.807) is 34.6 Å². The van der Waals surface area contributed by atoms with Crippen LogP contribution in [0.4, 0.5) is 23.4 Å². The Balaban J connectivity index is 1.75. The van der Waals surface area contributed by atoms with Gasteiger partial charge in [-0.25, -0.2) is 17.6 Å². The number of nitrogens with two attached hydrogens (primary N) is 1. The maximum atomic E-state index is 15.1. The number of anilines is 1. The summed E-state index contributed by atoms with van der Waals surface area (Å²) in [6.45, 7) is 9.00. The number of rotatable bonds is 10. The molecule has 0 atom stereocenters. The van der Waals surface area contributed by atoms with E-state index in [4.69, 9.17) is 15.2 Å². The van der Waals surface area contributed by atoms with Crippen LogP contribution in [0.1, 0.15) is 69.8 Å². The molecule has 0 aliphatic heterocycles. The smallest absolute Gasteiger partial charge is 0.312 e. The molecule has 0 aliphatic rings. The monoisotopic (exact) mass is 576 g/mol. The van der Waals surface area contributed by atoms with Crippen molar-refractivity contribution in [1.29, 1.82) is 0 Å². The normalized spacial score (nSPS) is 11.8. The highest BCUT2D eigenvalue weighted by Crippen LogP contribution is 2.29. The van der Waals surface area contributed by atoms with Crippen molar-refractivity contribution in [2.75, 3.05) is 12.3 Å². The van der Waals surface area contributed by atoms with Gasteiger partial charge in [0.05, 0.1) is 23.1 Å². The maximum absolute atomic E-state index is 15.1. The average Bonchev–Trinajstić information content (AvgIpc) is 2.84. The third-order valence-electron chi connectivity index (χ3n) is 6.18. The van der Waals surface area contributed by atoms with Crippen molar-refractivity contribution in [3.05, 3.63) is 87.2 Å². The molecule has 0 bridgehead atoms. The fourth-order valence-corrected chi connectivity index (χ4v) is 4.01. The van der Waals surface area contributed by atoms with Crippen molar-refractivity contribution in [2.45, 2.75) is 59.5 Å². The molecule has 3 rings (SSSR count). The standard InChI is InChI=1S/C30H32F4N2O5/c1-29(2,3)41-28(39)30(4,5)12-6-7-13-40-18-15-22(33)25(23(34)16-18)36-24(37)11-10-20(27(36)35)26(38)19-9-8-17(31)14-21(19)32/h8-11,14-16H,6-7,12-13,35H2,1-5H3. The van der Waals surface area contributed by atoms with Crippen LogP contribution in [0, 0.1) is 28.7 Å². The molecular formula is C30H32F4N2O5. The van der Waals surface area contributed by atoms with Crippen molar-refractivity contribution in [3.63, 3.8) is 0 Å². The molecule has 11 heteroatoms. The predicted molar refractivity (Wildman–Crippen MR) is 145 cm³/mol. The first-order chi connectivity index (χ1) is 19.0. The van der Waals surface area contributed by atoms with E-state index < -0.39 is 68.3 Å². The number of hydrogen-bond acceptors (Lipinski definition) is 6. The van der Waals surface area contributed by atoms with Crippen molar-refractivity contribution in [3.8, 4) is 11.4 Å². The largest absolute Gasteiger partial charge is 0.493 e. The number of hydrogen-bond donors (Lipinski definition) is 1. The number of nitrogen functional groups attached to an aromatic ring is 1. The average molecular weight is 577 g/mol. The van der Waals surface area contributed by atoms with Crippen LogP contribution in [0.25, 0.3) is 5.69 Å². The zero-order chi connectivity index (χ0) is 30.7. The van der Waals surface area contributed by atoms with Crippen molar-refractivity contribution in [1.82, 2.24) is 4.57 Å². The minimum atomic E-state index is -1.20. The minimum Gasteiger partial charge on any atom is -0.493 e. The second-order valence-corrected chi connectivity index (χ2v) is 11.2. The van der Waals surface area contributed by atoms with E-state index in [9.17, 15) is 23.2 Å². The molecule has 2 aromatic carbocycles. The summed E-state index contributed by atoms with van der Waals surface area (Å²) in [4.78, 5) is 37.8. The minimum absolute atomic E-state index is 0.0952. The first-order valence-corrected chi connectivity index (χ1v) is 12.9. The highest BCUT2D eigenvalue weighted by Gasteiger charge is 2.32. The molecule has 0 unspecified atom stereocenters. The van der Waals surface area contributed by atoms with E-state index in [1.165, 1.54) is 0 Å². The zero-order valence-corrected chi connectivity index (χ0v) is 23.4. The number of nitrogens with zero attached hydrogens (tertiary/aromatic N) is 1. The predicted octanol–water partition coefficient (Wildman–Crippen LogP) is 6.12. The molecule has 0 aliphatic carbocycles. The van der Waals surface area contributed by atoms with Crippen LogP contribution in [0.15, 0.2) is 47.3 Å². The number of carbonyl (C=O) groups excluding carboxylic acids is 2. The van der Waals surface area contributed by atoms with Gasteiger partial charge in [0, 0.05) is 24.3 Å². The number of pyridine rings is 1. The van der Waals surface area contributed by atoms with E-state index in [0.29, 0.717) is 29.9 Å². The molecular weight excluding hydrogens is 544 g/mol. The van der Waals surface area contributed by atoms with Gasteiger partial charge in [-0.1, -0.05) is 0 Å². The van der Waals surface area contributed by atoms with E-state index in [0.717, 1.165) is 36.4 Å². The molecule has 3 aromatic rings. The fourth-order valence-electron chi connectivity index (χ4n) is 4.01. The quantitative estimate of drug-likeness (QED) is 0.135. The Kier molecular flexibility index (Phi) is 9.30. The van der Waals surface area contributed by atoms with Crippen LogP contribution in [0.5, 0.6) is 5.75 Å². The lowest BCUT2D eigenvalue weighted by molar-refractivity contribution is -0.166. The molecule has 0 spiro atoms. The first-order valence-electron chi connectivity index (χ1n) is 12.9. The Bertz CT molecular complexity index is 1500. The molecule has 220 valence electrons. The van der Waals surface area contributed by atoms with Gasteiger partial charge in [-0.3, -0.25) is 19.0 Å². The van der Waals surface area contributed by atoms with E-state index >= 15 is 8.78 Å². The summed E-state index contributed by atoms with van der Waals surface area (Å²) in [5.41, 5.74) is 1.88. The summed E-state index contributed by atoms with van der Waals surface area (Å²) >= 11 is 0. The lowest BCUT2D eigenvalue weighted by Gasteiger charge is -2.28. The van der Waals surface area contributed by atoms with E-state index in [1.807, 2.05) is 0 Å². The Hall–Kier alpha value is -4.15. The van der Waals surface area contributed by atoms with Gasteiger partial charge in [0.15, 0.2) is 17.4 Å². The number of halogens is 4. The molecule has 0 saturated carbocycles. The molecule has 1 heterocycles. The van der Waals surface area contributed by atoms with Crippen LogP contribution < -0.4 is 16.0 Å². The van der Waals surface area contributed by atoms with Gasteiger partial charge in [-0.15, -0.1) is 0 Å². The summed E-state index contributed by atoms with van der Waals surface area (Å²) in [6.07, 6.45) is 1.57. The van der Waals surface area contributed by atoms with Gasteiger partial charge in [-0.05, 0) is 72.1 Å². The number of unbranched alkanes of at least 4 members (excludes halogenated alkanes) is 1. The summed E-state index contributed by atoms with van der Waals surface area (Å²) in [7, 11) is 0. The molecule has 7 nitrogen and oxygen atoms in total. The van der Waals surface area contributed by atoms with E-state index in [-0.39, 0.29) is 18.3 Å². The van der Waals surface area contributed by atoms with Gasteiger partial charge < -0.3 is 15.2 Å². The Labute approximate surface area is 234 Å². The molecule has 1 aromatic heterocycles. The second kappa shape index (κ2) is 12.2. The Morgan fingerprint density at radius 1 is 0.854 bits per heavy atom. The topological polar surface area (TPSA) is 101 Å². The number of benzene rings is 2. The molecule has 2 N–H and O–H groups in total. The number of aromatic nitrogens is 1. The summed E-state index contributed by atoms with van der Waals surface area (Å²) in [5.74, 6) is -6.59. The zero-order valence-electron chi connectivity index (χ0n) is 23.4. The van der Waals surface area contributed by atoms with Gasteiger partial charge in [0.25, 0.3) is 5.56 Å². The van der Waals surface area contributed by atoms with Crippen molar-refractivity contribution >= 4 is 17.6 Å². The maximum Gasteiger partial charge on any atom is 0.312 e. The summed E-state index contributed by atoms with van der Waals surface area (Å²) in [6, 6.07) is 5.84. The molecule has 0 fully saturated rings.